The number of nitrogens with zero attached hydrogens (tertiary/aromatic N) is 1. The highest BCUT2D eigenvalue weighted by Gasteiger charge is 2.09. The first-order chi connectivity index (χ1) is 9.85. The molecule has 0 spiro atoms. The van der Waals surface area contributed by atoms with E-state index < -0.39 is 0 Å². The average Bonchev–Trinajstić information content (AvgIpc) is 2.53. The van der Waals surface area contributed by atoms with Gasteiger partial charge in [0.25, 0.3) is 0 Å². The summed E-state index contributed by atoms with van der Waals surface area (Å²) in [5.74, 6) is 0.884. The number of hydrogen-bond donors (Lipinski definition) is 1. The molecule has 3 heteroatoms. The molecule has 1 aliphatic rings. The van der Waals surface area contributed by atoms with E-state index in [1.807, 2.05) is 24.3 Å². The van der Waals surface area contributed by atoms with Gasteiger partial charge in [-0.1, -0.05) is 18.2 Å². The highest BCUT2D eigenvalue weighted by atomic mass is 16.5. The minimum atomic E-state index is 0.488. The normalized spacial score (nSPS) is 13.3. The summed E-state index contributed by atoms with van der Waals surface area (Å²) in [6.45, 7) is 2.45. The molecule has 0 aliphatic carbocycles. The second kappa shape index (κ2) is 5.77. The molecule has 2 aromatic carbocycles. The molecule has 1 aliphatic heterocycles. The molecule has 3 nitrogen and oxygen atoms in total. The van der Waals surface area contributed by atoms with Gasteiger partial charge in [-0.05, 0) is 53.9 Å². The zero-order chi connectivity index (χ0) is 13.8. The van der Waals surface area contributed by atoms with Crippen molar-refractivity contribution in [2.24, 2.45) is 0 Å². The Morgan fingerprint density at radius 2 is 2.10 bits per heavy atom. The first-order valence-corrected chi connectivity index (χ1v) is 6.79. The fourth-order valence-corrected chi connectivity index (χ4v) is 2.44. The second-order valence-corrected chi connectivity index (χ2v) is 4.96. The standard InChI is InChI=1S/C17H16N2O/c18-10-13-2-1-3-14(8-13)12-20-17-5-4-15-6-7-19-11-16(15)9-17/h1-5,8-9,19H,6-7,11-12H2. The summed E-state index contributed by atoms with van der Waals surface area (Å²) in [4.78, 5) is 0. The zero-order valence-electron chi connectivity index (χ0n) is 11.2. The van der Waals surface area contributed by atoms with Crippen molar-refractivity contribution in [1.82, 2.24) is 5.32 Å². The van der Waals surface area contributed by atoms with Crippen molar-refractivity contribution in [2.45, 2.75) is 19.6 Å². The molecule has 0 fully saturated rings. The molecular weight excluding hydrogens is 248 g/mol. The van der Waals surface area contributed by atoms with Crippen LogP contribution in [0.15, 0.2) is 42.5 Å². The van der Waals surface area contributed by atoms with Gasteiger partial charge in [0.05, 0.1) is 11.6 Å². The van der Waals surface area contributed by atoms with E-state index >= 15 is 0 Å². The van der Waals surface area contributed by atoms with Crippen LogP contribution in [0.3, 0.4) is 0 Å². The molecule has 1 N–H and O–H groups in total. The maximum absolute atomic E-state index is 8.88. The molecule has 0 saturated heterocycles. The third-order valence-electron chi connectivity index (χ3n) is 3.53. The van der Waals surface area contributed by atoms with Gasteiger partial charge in [-0.15, -0.1) is 0 Å². The predicted molar refractivity (Wildman–Crippen MR) is 77.3 cm³/mol. The summed E-state index contributed by atoms with van der Waals surface area (Å²) in [6.07, 6.45) is 1.08. The number of hydrogen-bond acceptors (Lipinski definition) is 3. The lowest BCUT2D eigenvalue weighted by Crippen LogP contribution is -2.23. The number of nitrogens with one attached hydrogen (secondary N) is 1. The van der Waals surface area contributed by atoms with E-state index in [2.05, 4.69) is 23.5 Å². The van der Waals surface area contributed by atoms with Crippen molar-refractivity contribution in [3.8, 4) is 11.8 Å². The van der Waals surface area contributed by atoms with E-state index in [-0.39, 0.29) is 0 Å². The Morgan fingerprint density at radius 3 is 3.00 bits per heavy atom. The van der Waals surface area contributed by atoms with E-state index in [1.165, 1.54) is 11.1 Å². The third-order valence-corrected chi connectivity index (χ3v) is 3.53. The molecule has 0 bridgehead atoms. The second-order valence-electron chi connectivity index (χ2n) is 4.96. The van der Waals surface area contributed by atoms with Crippen LogP contribution in [0.1, 0.15) is 22.3 Å². The largest absolute Gasteiger partial charge is 0.489 e. The topological polar surface area (TPSA) is 45.0 Å². The molecule has 20 heavy (non-hydrogen) atoms. The molecule has 0 unspecified atom stereocenters. The number of benzene rings is 2. The van der Waals surface area contributed by atoms with Crippen molar-refractivity contribution >= 4 is 0 Å². The van der Waals surface area contributed by atoms with E-state index in [9.17, 15) is 0 Å². The Bertz CT molecular complexity index is 658. The highest BCUT2D eigenvalue weighted by molar-refractivity contribution is 5.37. The minimum Gasteiger partial charge on any atom is -0.489 e. The number of ether oxygens (including phenoxy) is 1. The first-order valence-electron chi connectivity index (χ1n) is 6.79. The van der Waals surface area contributed by atoms with Crippen LogP contribution < -0.4 is 10.1 Å². The Hall–Kier alpha value is -2.31. The smallest absolute Gasteiger partial charge is 0.120 e. The van der Waals surface area contributed by atoms with Gasteiger partial charge in [0.2, 0.25) is 0 Å². The van der Waals surface area contributed by atoms with Crippen molar-refractivity contribution in [2.75, 3.05) is 6.54 Å². The summed E-state index contributed by atoms with van der Waals surface area (Å²) < 4.78 is 5.82. The van der Waals surface area contributed by atoms with E-state index in [1.54, 1.807) is 6.07 Å². The monoisotopic (exact) mass is 264 g/mol. The van der Waals surface area contributed by atoms with Crippen molar-refractivity contribution in [1.29, 1.82) is 5.26 Å². The first kappa shape index (κ1) is 12.7. The van der Waals surface area contributed by atoms with Crippen molar-refractivity contribution in [3.63, 3.8) is 0 Å². The van der Waals surface area contributed by atoms with Crippen LogP contribution >= 0.6 is 0 Å². The number of fused-ring (bicyclic) bond motifs is 1. The van der Waals surface area contributed by atoms with Crippen LogP contribution in [-0.4, -0.2) is 6.54 Å². The van der Waals surface area contributed by atoms with Gasteiger partial charge in [-0.2, -0.15) is 5.26 Å². The van der Waals surface area contributed by atoms with Crippen LogP contribution in [0, 0.1) is 11.3 Å². The Balaban J connectivity index is 1.70. The van der Waals surface area contributed by atoms with Gasteiger partial charge in [0.15, 0.2) is 0 Å². The minimum absolute atomic E-state index is 0.488. The fourth-order valence-electron chi connectivity index (χ4n) is 2.44. The molecule has 0 atom stereocenters. The van der Waals surface area contributed by atoms with Crippen LogP contribution in [-0.2, 0) is 19.6 Å². The van der Waals surface area contributed by atoms with Gasteiger partial charge in [0, 0.05) is 6.54 Å². The summed E-state index contributed by atoms with van der Waals surface area (Å²) in [7, 11) is 0. The predicted octanol–water partition coefficient (Wildman–Crippen LogP) is 2.78. The maximum atomic E-state index is 8.88. The lowest BCUT2D eigenvalue weighted by molar-refractivity contribution is 0.305. The van der Waals surface area contributed by atoms with E-state index in [0.29, 0.717) is 12.2 Å². The highest BCUT2D eigenvalue weighted by Crippen LogP contribution is 2.21. The summed E-state index contributed by atoms with van der Waals surface area (Å²) >= 11 is 0. The maximum Gasteiger partial charge on any atom is 0.120 e. The van der Waals surface area contributed by atoms with Gasteiger partial charge >= 0.3 is 0 Å². The molecule has 0 aromatic heterocycles. The molecule has 0 radical (unpaired) electrons. The lowest BCUT2D eigenvalue weighted by Gasteiger charge is -2.18. The molecule has 2 aromatic rings. The molecule has 0 amide bonds. The Labute approximate surface area is 118 Å². The molecule has 100 valence electrons. The van der Waals surface area contributed by atoms with E-state index in [0.717, 1.165) is 30.8 Å². The number of rotatable bonds is 3. The third kappa shape index (κ3) is 2.81. The molecule has 0 saturated carbocycles. The summed E-state index contributed by atoms with van der Waals surface area (Å²) in [5.41, 5.74) is 4.41. The van der Waals surface area contributed by atoms with Crippen LogP contribution in [0.4, 0.5) is 0 Å². The van der Waals surface area contributed by atoms with Gasteiger partial charge in [-0.25, -0.2) is 0 Å². The van der Waals surface area contributed by atoms with E-state index in [4.69, 9.17) is 10.00 Å². The zero-order valence-corrected chi connectivity index (χ0v) is 11.2. The lowest BCUT2D eigenvalue weighted by atomic mass is 10.0. The summed E-state index contributed by atoms with van der Waals surface area (Å²) in [5, 5.41) is 12.2. The molecular formula is C17H16N2O. The average molecular weight is 264 g/mol. The summed E-state index contributed by atoms with van der Waals surface area (Å²) in [6, 6.07) is 15.9. The van der Waals surface area contributed by atoms with Crippen LogP contribution in [0.5, 0.6) is 5.75 Å². The van der Waals surface area contributed by atoms with Gasteiger partial charge in [-0.3, -0.25) is 0 Å². The molecule has 3 rings (SSSR count). The SMILES string of the molecule is N#Cc1cccc(COc2ccc3c(c2)CNCC3)c1. The molecule has 1 heterocycles. The van der Waals surface area contributed by atoms with Crippen molar-refractivity contribution in [3.05, 3.63) is 64.7 Å². The van der Waals surface area contributed by atoms with Crippen LogP contribution in [0.2, 0.25) is 0 Å². The Morgan fingerprint density at radius 1 is 1.15 bits per heavy atom. The van der Waals surface area contributed by atoms with Crippen LogP contribution in [0.25, 0.3) is 0 Å². The Kier molecular flexibility index (Phi) is 3.67. The number of nitriles is 1. The van der Waals surface area contributed by atoms with Crippen molar-refractivity contribution < 1.29 is 4.74 Å². The van der Waals surface area contributed by atoms with Gasteiger partial charge in [0.1, 0.15) is 12.4 Å². The quantitative estimate of drug-likeness (QED) is 0.927. The fraction of sp³-hybridized carbons (Fsp3) is 0.235. The van der Waals surface area contributed by atoms with Gasteiger partial charge < -0.3 is 10.1 Å².